The van der Waals surface area contributed by atoms with E-state index < -0.39 is 29.3 Å². The van der Waals surface area contributed by atoms with Gasteiger partial charge in [-0.2, -0.15) is 0 Å². The number of nitrogens with zero attached hydrogens (tertiary/aromatic N) is 2. The van der Waals surface area contributed by atoms with Gasteiger partial charge in [-0.3, -0.25) is 14.9 Å². The molecule has 1 aromatic carbocycles. The number of halogens is 2. The fourth-order valence-corrected chi connectivity index (χ4v) is 3.09. The summed E-state index contributed by atoms with van der Waals surface area (Å²) in [7, 11) is 1.41. The number of benzene rings is 1. The maximum atomic E-state index is 12.2. The van der Waals surface area contributed by atoms with Gasteiger partial charge in [0.25, 0.3) is 11.5 Å². The third-order valence-electron chi connectivity index (χ3n) is 3.97. The van der Waals surface area contributed by atoms with Crippen molar-refractivity contribution in [2.45, 2.75) is 25.6 Å². The zero-order chi connectivity index (χ0) is 22.2. The van der Waals surface area contributed by atoms with E-state index in [0.717, 1.165) is 4.68 Å². The molecule has 0 saturated carbocycles. The van der Waals surface area contributed by atoms with Gasteiger partial charge in [-0.15, -0.1) is 10.6 Å². The molecule has 13 heteroatoms. The highest BCUT2D eigenvalue weighted by molar-refractivity contribution is 6.37. The van der Waals surface area contributed by atoms with Crippen molar-refractivity contribution >= 4 is 40.9 Å². The largest absolute Gasteiger partial charge is 0.434 e. The predicted octanol–water partition coefficient (Wildman–Crippen LogP) is 1.62. The average molecular weight is 458 g/mol. The SMILES string of the molecule is Cn1nc(Oc2c(Cl)cc(NC(=O)C3NOC(=O)N3)cc2Cl)cc(C(C)(C)O)c1=O. The lowest BCUT2D eigenvalue weighted by Gasteiger charge is -2.19. The predicted molar refractivity (Wildman–Crippen MR) is 106 cm³/mol. The van der Waals surface area contributed by atoms with E-state index in [1.807, 2.05) is 0 Å². The van der Waals surface area contributed by atoms with Crippen LogP contribution in [-0.4, -0.2) is 33.1 Å². The molecule has 3 rings (SSSR count). The monoisotopic (exact) mass is 457 g/mol. The van der Waals surface area contributed by atoms with Crippen LogP contribution in [0.15, 0.2) is 23.0 Å². The van der Waals surface area contributed by atoms with Crippen molar-refractivity contribution in [1.29, 1.82) is 0 Å². The van der Waals surface area contributed by atoms with Crippen LogP contribution < -0.4 is 26.4 Å². The topological polar surface area (TPSA) is 144 Å². The summed E-state index contributed by atoms with van der Waals surface area (Å²) in [6.45, 7) is 2.91. The van der Waals surface area contributed by atoms with Crippen LogP contribution in [0.3, 0.4) is 0 Å². The number of rotatable bonds is 5. The Balaban J connectivity index is 1.85. The Morgan fingerprint density at radius 3 is 2.47 bits per heavy atom. The summed E-state index contributed by atoms with van der Waals surface area (Å²) in [6, 6.07) is 4.04. The van der Waals surface area contributed by atoms with Gasteiger partial charge in [-0.25, -0.2) is 9.48 Å². The van der Waals surface area contributed by atoms with Crippen LogP contribution in [-0.2, 0) is 22.3 Å². The molecule has 0 aliphatic carbocycles. The highest BCUT2D eigenvalue weighted by Crippen LogP contribution is 2.38. The van der Waals surface area contributed by atoms with Gasteiger partial charge in [-0.1, -0.05) is 23.2 Å². The molecule has 4 N–H and O–H groups in total. The minimum absolute atomic E-state index is 0.0233. The van der Waals surface area contributed by atoms with Crippen molar-refractivity contribution in [3.05, 3.63) is 44.2 Å². The maximum Gasteiger partial charge on any atom is 0.427 e. The molecule has 160 valence electrons. The number of carbonyl (C=O) groups excluding carboxylic acids is 2. The minimum Gasteiger partial charge on any atom is -0.434 e. The highest BCUT2D eigenvalue weighted by Gasteiger charge is 2.29. The van der Waals surface area contributed by atoms with Crippen LogP contribution >= 0.6 is 23.2 Å². The third-order valence-corrected chi connectivity index (χ3v) is 4.53. The van der Waals surface area contributed by atoms with Gasteiger partial charge in [0, 0.05) is 18.8 Å². The zero-order valence-corrected chi connectivity index (χ0v) is 17.5. The Morgan fingerprint density at radius 2 is 1.93 bits per heavy atom. The molecule has 1 aliphatic rings. The van der Waals surface area contributed by atoms with Gasteiger partial charge < -0.3 is 20.0 Å². The first kappa shape index (κ1) is 21.8. The van der Waals surface area contributed by atoms with Gasteiger partial charge in [0.05, 0.1) is 21.2 Å². The van der Waals surface area contributed by atoms with Gasteiger partial charge in [0.15, 0.2) is 11.9 Å². The first-order chi connectivity index (χ1) is 14.0. The van der Waals surface area contributed by atoms with Crippen molar-refractivity contribution in [3.8, 4) is 11.6 Å². The van der Waals surface area contributed by atoms with Gasteiger partial charge in [0.2, 0.25) is 5.88 Å². The molecule has 0 spiro atoms. The molecule has 1 unspecified atom stereocenters. The van der Waals surface area contributed by atoms with Crippen molar-refractivity contribution in [2.24, 2.45) is 7.05 Å². The Hall–Kier alpha value is -2.86. The van der Waals surface area contributed by atoms with Crippen molar-refractivity contribution in [3.63, 3.8) is 0 Å². The van der Waals surface area contributed by atoms with Crippen molar-refractivity contribution in [2.75, 3.05) is 5.32 Å². The summed E-state index contributed by atoms with van der Waals surface area (Å²) in [6.07, 6.45) is -1.87. The molecule has 2 heterocycles. The number of anilines is 1. The number of aromatic nitrogens is 2. The smallest absolute Gasteiger partial charge is 0.427 e. The van der Waals surface area contributed by atoms with E-state index in [-0.39, 0.29) is 32.9 Å². The number of aliphatic hydroxyl groups is 1. The number of aryl methyl sites for hydroxylation is 1. The van der Waals surface area contributed by atoms with Crippen LogP contribution in [0.25, 0.3) is 0 Å². The minimum atomic E-state index is -1.43. The van der Waals surface area contributed by atoms with E-state index in [1.54, 1.807) is 0 Å². The molecule has 1 aliphatic heterocycles. The molecule has 2 aromatic rings. The van der Waals surface area contributed by atoms with E-state index >= 15 is 0 Å². The van der Waals surface area contributed by atoms with Crippen LogP contribution in [0.1, 0.15) is 19.4 Å². The van der Waals surface area contributed by atoms with Crippen LogP contribution in [0.2, 0.25) is 10.0 Å². The van der Waals surface area contributed by atoms with E-state index in [1.165, 1.54) is 39.1 Å². The third kappa shape index (κ3) is 4.65. The summed E-state index contributed by atoms with van der Waals surface area (Å²) in [5, 5.41) is 19.0. The normalized spacial score (nSPS) is 16.1. The van der Waals surface area contributed by atoms with Crippen molar-refractivity contribution < 1.29 is 24.3 Å². The first-order valence-electron chi connectivity index (χ1n) is 8.47. The van der Waals surface area contributed by atoms with Crippen LogP contribution in [0.4, 0.5) is 10.5 Å². The Morgan fingerprint density at radius 1 is 1.30 bits per heavy atom. The molecular formula is C17H17Cl2N5O6. The molecule has 1 atom stereocenters. The standard InChI is InChI=1S/C17H17Cl2N5O6/c1-17(2,28)8-6-11(22-24(3)15(8)26)29-12-9(18)4-7(5-10(12)19)20-14(25)13-21-16(27)30-23-13/h4-6,13,23,28H,1-3H3,(H,20,25)(H,21,27). The van der Waals surface area contributed by atoms with Gasteiger partial charge >= 0.3 is 6.09 Å². The Bertz CT molecular complexity index is 1060. The van der Waals surface area contributed by atoms with Crippen LogP contribution in [0, 0.1) is 0 Å². The molecule has 2 amide bonds. The van der Waals surface area contributed by atoms with Gasteiger partial charge in [-0.05, 0) is 26.0 Å². The molecule has 0 bridgehead atoms. The maximum absolute atomic E-state index is 12.2. The molecule has 1 aromatic heterocycles. The zero-order valence-electron chi connectivity index (χ0n) is 15.9. The molecule has 1 saturated heterocycles. The number of carbonyl (C=O) groups is 2. The van der Waals surface area contributed by atoms with E-state index in [9.17, 15) is 19.5 Å². The summed E-state index contributed by atoms with van der Waals surface area (Å²) < 4.78 is 6.66. The van der Waals surface area contributed by atoms with Gasteiger partial charge in [0.1, 0.15) is 0 Å². The fourth-order valence-electron chi connectivity index (χ4n) is 2.53. The number of hydrogen-bond donors (Lipinski definition) is 4. The quantitative estimate of drug-likeness (QED) is 0.529. The molecule has 11 nitrogen and oxygen atoms in total. The second-order valence-electron chi connectivity index (χ2n) is 6.83. The number of hydrogen-bond acceptors (Lipinski definition) is 8. The number of nitrogens with one attached hydrogen (secondary N) is 3. The molecule has 1 fully saturated rings. The number of ether oxygens (including phenoxy) is 1. The highest BCUT2D eigenvalue weighted by atomic mass is 35.5. The fraction of sp³-hybridized carbons (Fsp3) is 0.294. The van der Waals surface area contributed by atoms with Crippen LogP contribution in [0.5, 0.6) is 11.6 Å². The lowest BCUT2D eigenvalue weighted by molar-refractivity contribution is -0.119. The summed E-state index contributed by atoms with van der Waals surface area (Å²) in [5.41, 5.74) is 0.598. The summed E-state index contributed by atoms with van der Waals surface area (Å²) in [5.74, 6) is -0.610. The Labute approximate surface area is 179 Å². The lowest BCUT2D eigenvalue weighted by atomic mass is 10.0. The lowest BCUT2D eigenvalue weighted by Crippen LogP contribution is -2.43. The second kappa shape index (κ2) is 8.11. The first-order valence-corrected chi connectivity index (χ1v) is 9.23. The van der Waals surface area contributed by atoms with E-state index in [2.05, 4.69) is 26.0 Å². The number of amides is 2. The van der Waals surface area contributed by atoms with E-state index in [4.69, 9.17) is 27.9 Å². The summed E-state index contributed by atoms with van der Waals surface area (Å²) in [4.78, 5) is 39.7. The summed E-state index contributed by atoms with van der Waals surface area (Å²) >= 11 is 12.5. The molecule has 0 radical (unpaired) electrons. The molecular weight excluding hydrogens is 441 g/mol. The van der Waals surface area contributed by atoms with Crippen molar-refractivity contribution in [1.82, 2.24) is 20.6 Å². The second-order valence-corrected chi connectivity index (χ2v) is 7.64. The average Bonchev–Trinajstić information content (AvgIpc) is 3.06. The molecule has 30 heavy (non-hydrogen) atoms. The van der Waals surface area contributed by atoms with E-state index in [0.29, 0.717) is 0 Å². The Kier molecular flexibility index (Phi) is 5.90. The number of hydroxylamine groups is 1.